The summed E-state index contributed by atoms with van der Waals surface area (Å²) in [5.74, 6) is 0. The minimum atomic E-state index is -3.46. The molecule has 3 rings (SSSR count). The second-order valence-electron chi connectivity index (χ2n) is 4.84. The van der Waals surface area contributed by atoms with E-state index in [1.165, 1.54) is 11.3 Å². The zero-order chi connectivity index (χ0) is 14.9. The van der Waals surface area contributed by atoms with Gasteiger partial charge in [-0.25, -0.2) is 13.1 Å². The lowest BCUT2D eigenvalue weighted by Crippen LogP contribution is -2.26. The lowest BCUT2D eigenvalue weighted by molar-refractivity contribution is 0.570. The monoisotopic (exact) mass is 317 g/mol. The van der Waals surface area contributed by atoms with Crippen molar-refractivity contribution in [2.45, 2.75) is 17.2 Å². The Kier molecular flexibility index (Phi) is 3.80. The molecule has 1 aromatic heterocycles. The van der Waals surface area contributed by atoms with E-state index in [9.17, 15) is 8.42 Å². The fraction of sp³-hybridized carbons (Fsp3) is 0.125. The van der Waals surface area contributed by atoms with Crippen LogP contribution in [0.2, 0.25) is 0 Å². The van der Waals surface area contributed by atoms with Gasteiger partial charge >= 0.3 is 0 Å². The lowest BCUT2D eigenvalue weighted by atomic mass is 10.0. The van der Waals surface area contributed by atoms with Crippen LogP contribution in [0.15, 0.2) is 64.2 Å². The molecule has 0 spiro atoms. The average molecular weight is 317 g/mol. The van der Waals surface area contributed by atoms with Crippen LogP contribution in [0.4, 0.5) is 0 Å². The van der Waals surface area contributed by atoms with Crippen molar-refractivity contribution in [2.24, 2.45) is 0 Å². The third-order valence-electron chi connectivity index (χ3n) is 3.38. The molecular formula is C16H15NO2S2. The first kappa shape index (κ1) is 14.3. The van der Waals surface area contributed by atoms with E-state index in [2.05, 4.69) is 4.72 Å². The van der Waals surface area contributed by atoms with E-state index < -0.39 is 10.0 Å². The third-order valence-corrected chi connectivity index (χ3v) is 6.32. The molecule has 108 valence electrons. The summed E-state index contributed by atoms with van der Waals surface area (Å²) in [7, 11) is -3.46. The van der Waals surface area contributed by atoms with Crippen molar-refractivity contribution in [1.82, 2.24) is 4.72 Å². The van der Waals surface area contributed by atoms with Crippen LogP contribution in [0.5, 0.6) is 0 Å². The van der Waals surface area contributed by atoms with Crippen molar-refractivity contribution in [3.63, 3.8) is 0 Å². The number of hydrogen-bond acceptors (Lipinski definition) is 3. The van der Waals surface area contributed by atoms with Gasteiger partial charge in [-0.05, 0) is 34.7 Å². The largest absolute Gasteiger partial charge is 0.250 e. The Labute approximate surface area is 128 Å². The van der Waals surface area contributed by atoms with Crippen LogP contribution in [0.1, 0.15) is 18.5 Å². The average Bonchev–Trinajstić information content (AvgIpc) is 3.01. The SMILES string of the molecule is CC(NS(=O)(=O)c1cccs1)c1cccc2ccccc12. The molecule has 0 saturated heterocycles. The van der Waals surface area contributed by atoms with Crippen molar-refractivity contribution in [3.05, 3.63) is 65.5 Å². The quantitative estimate of drug-likeness (QED) is 0.792. The molecular weight excluding hydrogens is 302 g/mol. The van der Waals surface area contributed by atoms with Crippen molar-refractivity contribution in [3.8, 4) is 0 Å². The summed E-state index contributed by atoms with van der Waals surface area (Å²) in [6, 6.07) is 17.0. The summed E-state index contributed by atoms with van der Waals surface area (Å²) < 4.78 is 27.7. The molecule has 0 bridgehead atoms. The summed E-state index contributed by atoms with van der Waals surface area (Å²) in [6.07, 6.45) is 0. The van der Waals surface area contributed by atoms with Gasteiger partial charge in [0.25, 0.3) is 10.0 Å². The molecule has 3 nitrogen and oxygen atoms in total. The normalized spacial score (nSPS) is 13.4. The number of benzene rings is 2. The predicted molar refractivity (Wildman–Crippen MR) is 87.0 cm³/mol. The molecule has 0 aliphatic rings. The van der Waals surface area contributed by atoms with Crippen LogP contribution in [-0.4, -0.2) is 8.42 Å². The van der Waals surface area contributed by atoms with Crippen molar-refractivity contribution in [2.75, 3.05) is 0 Å². The van der Waals surface area contributed by atoms with E-state index in [1.807, 2.05) is 49.4 Å². The molecule has 5 heteroatoms. The molecule has 0 saturated carbocycles. The van der Waals surface area contributed by atoms with E-state index in [0.717, 1.165) is 16.3 Å². The van der Waals surface area contributed by atoms with Gasteiger partial charge in [-0.2, -0.15) is 0 Å². The molecule has 21 heavy (non-hydrogen) atoms. The van der Waals surface area contributed by atoms with Gasteiger partial charge in [0.05, 0.1) is 0 Å². The van der Waals surface area contributed by atoms with Crippen LogP contribution in [0.3, 0.4) is 0 Å². The fourth-order valence-electron chi connectivity index (χ4n) is 2.40. The second kappa shape index (κ2) is 5.60. The van der Waals surface area contributed by atoms with Gasteiger partial charge in [0, 0.05) is 6.04 Å². The maximum atomic E-state index is 12.3. The summed E-state index contributed by atoms with van der Waals surface area (Å²) in [6.45, 7) is 1.87. The van der Waals surface area contributed by atoms with E-state index in [-0.39, 0.29) is 6.04 Å². The Morgan fingerprint density at radius 2 is 1.76 bits per heavy atom. The number of rotatable bonds is 4. The number of hydrogen-bond donors (Lipinski definition) is 1. The van der Waals surface area contributed by atoms with Crippen molar-refractivity contribution in [1.29, 1.82) is 0 Å². The Morgan fingerprint density at radius 1 is 1.00 bits per heavy atom. The molecule has 2 aromatic carbocycles. The first-order valence-electron chi connectivity index (χ1n) is 6.61. The van der Waals surface area contributed by atoms with Crippen LogP contribution < -0.4 is 4.72 Å². The molecule has 1 heterocycles. The molecule has 0 aliphatic heterocycles. The maximum Gasteiger partial charge on any atom is 0.250 e. The summed E-state index contributed by atoms with van der Waals surface area (Å²) in [5.41, 5.74) is 0.980. The first-order valence-corrected chi connectivity index (χ1v) is 8.98. The molecule has 0 fully saturated rings. The standard InChI is InChI=1S/C16H15NO2S2/c1-12(17-21(18,19)16-10-5-11-20-16)14-9-4-7-13-6-2-3-8-15(13)14/h2-12,17H,1H3. The minimum absolute atomic E-state index is 0.289. The Morgan fingerprint density at radius 3 is 2.52 bits per heavy atom. The van der Waals surface area contributed by atoms with Gasteiger partial charge in [-0.15, -0.1) is 11.3 Å². The molecule has 3 aromatic rings. The Bertz CT molecular complexity index is 850. The Balaban J connectivity index is 1.97. The van der Waals surface area contributed by atoms with E-state index in [4.69, 9.17) is 0 Å². The van der Waals surface area contributed by atoms with Gasteiger partial charge in [-0.3, -0.25) is 0 Å². The highest BCUT2D eigenvalue weighted by atomic mass is 32.2. The van der Waals surface area contributed by atoms with Gasteiger partial charge in [0.2, 0.25) is 0 Å². The first-order chi connectivity index (χ1) is 10.1. The van der Waals surface area contributed by atoms with Gasteiger partial charge in [0.1, 0.15) is 4.21 Å². The van der Waals surface area contributed by atoms with E-state index >= 15 is 0 Å². The van der Waals surface area contributed by atoms with Crippen LogP contribution in [0.25, 0.3) is 10.8 Å². The summed E-state index contributed by atoms with van der Waals surface area (Å²) >= 11 is 1.22. The lowest BCUT2D eigenvalue weighted by Gasteiger charge is -2.16. The predicted octanol–water partition coefficient (Wildman–Crippen LogP) is 3.94. The zero-order valence-corrected chi connectivity index (χ0v) is 13.1. The number of thiophene rings is 1. The van der Waals surface area contributed by atoms with Gasteiger partial charge < -0.3 is 0 Å². The van der Waals surface area contributed by atoms with E-state index in [1.54, 1.807) is 17.5 Å². The van der Waals surface area contributed by atoms with Gasteiger partial charge in [0.15, 0.2) is 0 Å². The summed E-state index contributed by atoms with van der Waals surface area (Å²) in [4.78, 5) is 0. The number of nitrogens with one attached hydrogen (secondary N) is 1. The van der Waals surface area contributed by atoms with Crippen LogP contribution in [-0.2, 0) is 10.0 Å². The highest BCUT2D eigenvalue weighted by Crippen LogP contribution is 2.26. The fourth-order valence-corrected chi connectivity index (χ4v) is 4.63. The zero-order valence-electron chi connectivity index (χ0n) is 11.5. The topological polar surface area (TPSA) is 46.2 Å². The molecule has 0 radical (unpaired) electrons. The number of fused-ring (bicyclic) bond motifs is 1. The maximum absolute atomic E-state index is 12.3. The van der Waals surface area contributed by atoms with E-state index in [0.29, 0.717) is 4.21 Å². The minimum Gasteiger partial charge on any atom is -0.206 e. The van der Waals surface area contributed by atoms with Crippen molar-refractivity contribution >= 4 is 32.1 Å². The highest BCUT2D eigenvalue weighted by Gasteiger charge is 2.20. The van der Waals surface area contributed by atoms with Crippen molar-refractivity contribution < 1.29 is 8.42 Å². The van der Waals surface area contributed by atoms with Gasteiger partial charge in [-0.1, -0.05) is 48.5 Å². The van der Waals surface area contributed by atoms with Crippen LogP contribution >= 0.6 is 11.3 Å². The molecule has 1 N–H and O–H groups in total. The smallest absolute Gasteiger partial charge is 0.206 e. The third kappa shape index (κ3) is 2.85. The molecule has 0 aliphatic carbocycles. The number of sulfonamides is 1. The molecule has 0 amide bonds. The second-order valence-corrected chi connectivity index (χ2v) is 7.73. The summed E-state index contributed by atoms with van der Waals surface area (Å²) in [5, 5.41) is 3.94. The Hall–Kier alpha value is -1.69. The molecule has 1 unspecified atom stereocenters. The van der Waals surface area contributed by atoms with Crippen LogP contribution in [0, 0.1) is 0 Å². The molecule has 1 atom stereocenters. The highest BCUT2D eigenvalue weighted by molar-refractivity contribution is 7.91.